The Bertz CT molecular complexity index is 1260. The molecular weight excluding hydrogens is 554 g/mol. The molecule has 2 aromatic rings. The lowest BCUT2D eigenvalue weighted by Gasteiger charge is -2.45. The molecule has 1 N–H and O–H groups in total. The predicted octanol–water partition coefficient (Wildman–Crippen LogP) is 4.70. The predicted molar refractivity (Wildman–Crippen MR) is 142 cm³/mol. The number of piperidine rings is 1. The van der Waals surface area contributed by atoms with Crippen LogP contribution in [0.3, 0.4) is 0 Å². The molecule has 0 bridgehead atoms. The number of anilines is 1. The lowest BCUT2D eigenvalue weighted by Crippen LogP contribution is -2.61. The third-order valence-electron chi connectivity index (χ3n) is 7.72. The van der Waals surface area contributed by atoms with Gasteiger partial charge in [-0.1, -0.05) is 11.6 Å². The van der Waals surface area contributed by atoms with Crippen molar-refractivity contribution in [1.29, 1.82) is 0 Å². The highest BCUT2D eigenvalue weighted by molar-refractivity contribution is 6.34. The van der Waals surface area contributed by atoms with Gasteiger partial charge in [0.25, 0.3) is 17.4 Å². The minimum Gasteiger partial charge on any atom is -0.497 e. The van der Waals surface area contributed by atoms with E-state index in [1.54, 1.807) is 26.2 Å². The highest BCUT2D eigenvalue weighted by Gasteiger charge is 2.63. The van der Waals surface area contributed by atoms with Crippen LogP contribution in [0.15, 0.2) is 36.4 Å². The number of ether oxygens (including phenoxy) is 1. The number of rotatable bonds is 7. The summed E-state index contributed by atoms with van der Waals surface area (Å²) in [6.07, 6.45) is -2.90. The van der Waals surface area contributed by atoms with Gasteiger partial charge in [0.05, 0.1) is 17.7 Å². The maximum atomic E-state index is 14.0. The largest absolute Gasteiger partial charge is 0.497 e. The van der Waals surface area contributed by atoms with E-state index in [9.17, 15) is 32.3 Å². The van der Waals surface area contributed by atoms with Crippen LogP contribution in [0.5, 0.6) is 5.75 Å². The lowest BCUT2D eigenvalue weighted by atomic mass is 9.82. The molecule has 2 heterocycles. The number of carbonyl (C=O) groups excluding carboxylic acids is 2. The van der Waals surface area contributed by atoms with E-state index in [4.69, 9.17) is 16.3 Å². The average molecular weight is 586 g/mol. The first-order valence-electron chi connectivity index (χ1n) is 12.9. The summed E-state index contributed by atoms with van der Waals surface area (Å²) in [5, 5.41) is 11.0. The minimum absolute atomic E-state index is 0.00537. The van der Waals surface area contributed by atoms with Crippen molar-refractivity contribution in [2.75, 3.05) is 52.3 Å². The Morgan fingerprint density at radius 1 is 1.07 bits per heavy atom. The van der Waals surface area contributed by atoms with Crippen LogP contribution in [-0.4, -0.2) is 80.3 Å². The molecule has 4 rings (SSSR count). The molecule has 2 aliphatic rings. The first kappa shape index (κ1) is 29.9. The second-order valence-corrected chi connectivity index (χ2v) is 11.1. The van der Waals surface area contributed by atoms with Crippen molar-refractivity contribution in [1.82, 2.24) is 9.80 Å². The topological polar surface area (TPSA) is 73.3 Å². The van der Waals surface area contributed by atoms with Crippen molar-refractivity contribution >= 4 is 29.1 Å². The van der Waals surface area contributed by atoms with E-state index in [1.807, 2.05) is 6.07 Å². The van der Waals surface area contributed by atoms with Crippen molar-refractivity contribution in [3.05, 3.63) is 58.4 Å². The Labute approximate surface area is 235 Å². The Balaban J connectivity index is 1.33. The molecule has 12 heteroatoms. The van der Waals surface area contributed by atoms with Gasteiger partial charge in [0.15, 0.2) is 0 Å². The number of nitrogens with zero attached hydrogens (tertiary/aromatic N) is 3. The number of amides is 2. The van der Waals surface area contributed by atoms with E-state index in [1.165, 1.54) is 4.90 Å². The first-order chi connectivity index (χ1) is 18.7. The second-order valence-electron chi connectivity index (χ2n) is 10.7. The highest BCUT2D eigenvalue weighted by Crippen LogP contribution is 2.43. The Hall–Kier alpha value is -3.05. The third-order valence-corrected chi connectivity index (χ3v) is 8.04. The van der Waals surface area contributed by atoms with Gasteiger partial charge in [0, 0.05) is 57.6 Å². The molecule has 218 valence electrons. The fourth-order valence-electron chi connectivity index (χ4n) is 5.42. The summed E-state index contributed by atoms with van der Waals surface area (Å²) in [5.74, 6) is -2.65. The third kappa shape index (κ3) is 5.85. The SMILES string of the molecule is COc1cc(F)cc([C@@](O)(C(=O)N2CC(CC3CCN(c4ccc(C(=O)N(C)C)c(Cl)c4)CC3)C2)C(F)(F)F)c1. The van der Waals surface area contributed by atoms with Crippen LogP contribution < -0.4 is 9.64 Å². The van der Waals surface area contributed by atoms with E-state index >= 15 is 0 Å². The second kappa shape index (κ2) is 11.4. The summed E-state index contributed by atoms with van der Waals surface area (Å²) in [4.78, 5) is 29.8. The molecule has 0 unspecified atom stereocenters. The molecule has 2 aliphatic heterocycles. The van der Waals surface area contributed by atoms with Gasteiger partial charge in [0.1, 0.15) is 11.6 Å². The van der Waals surface area contributed by atoms with E-state index in [2.05, 4.69) is 4.90 Å². The number of aliphatic hydroxyl groups is 1. The molecule has 2 amide bonds. The summed E-state index contributed by atoms with van der Waals surface area (Å²) in [5.41, 5.74) is -3.45. The van der Waals surface area contributed by atoms with E-state index < -0.39 is 29.1 Å². The van der Waals surface area contributed by atoms with E-state index in [0.29, 0.717) is 22.6 Å². The summed E-state index contributed by atoms with van der Waals surface area (Å²) < 4.78 is 60.8. The van der Waals surface area contributed by atoms with Gasteiger partial charge in [-0.15, -0.1) is 0 Å². The van der Waals surface area contributed by atoms with Crippen molar-refractivity contribution in [2.45, 2.75) is 31.0 Å². The summed E-state index contributed by atoms with van der Waals surface area (Å²) in [6.45, 7) is 1.68. The molecule has 0 saturated carbocycles. The monoisotopic (exact) mass is 585 g/mol. The summed E-state index contributed by atoms with van der Waals surface area (Å²) >= 11 is 6.35. The van der Waals surface area contributed by atoms with Crippen LogP contribution in [-0.2, 0) is 10.4 Å². The zero-order valence-corrected chi connectivity index (χ0v) is 23.2. The van der Waals surface area contributed by atoms with Crippen molar-refractivity contribution in [3.8, 4) is 5.75 Å². The van der Waals surface area contributed by atoms with Gasteiger partial charge in [0.2, 0.25) is 0 Å². The molecule has 2 saturated heterocycles. The van der Waals surface area contributed by atoms with E-state index in [0.717, 1.165) is 62.2 Å². The maximum absolute atomic E-state index is 14.0. The van der Waals surface area contributed by atoms with Crippen molar-refractivity contribution in [3.63, 3.8) is 0 Å². The molecular formula is C28H32ClF4N3O4. The number of hydrogen-bond donors (Lipinski definition) is 1. The molecule has 40 heavy (non-hydrogen) atoms. The quantitative estimate of drug-likeness (QED) is 0.477. The molecule has 0 aromatic heterocycles. The minimum atomic E-state index is -5.36. The van der Waals surface area contributed by atoms with Crippen LogP contribution in [0, 0.1) is 17.7 Å². The van der Waals surface area contributed by atoms with Crippen LogP contribution in [0.2, 0.25) is 5.02 Å². The summed E-state index contributed by atoms with van der Waals surface area (Å²) in [7, 11) is 4.47. The number of likely N-dealkylation sites (tertiary alicyclic amines) is 1. The van der Waals surface area contributed by atoms with Crippen molar-refractivity contribution in [2.24, 2.45) is 11.8 Å². The Morgan fingerprint density at radius 3 is 2.27 bits per heavy atom. The Morgan fingerprint density at radius 2 is 1.73 bits per heavy atom. The molecule has 0 radical (unpaired) electrons. The van der Waals surface area contributed by atoms with Gasteiger partial charge in [-0.3, -0.25) is 9.59 Å². The average Bonchev–Trinajstić information content (AvgIpc) is 2.88. The molecule has 1 atom stereocenters. The standard InChI is InChI=1S/C28H32ClF4N3O4/c1-34(2)25(37)23-5-4-21(14-24(23)29)35-8-6-17(7-9-35)10-18-15-36(16-18)26(38)27(39,28(31,32)33)19-11-20(30)13-22(12-19)40-3/h4-5,11-14,17-18,39H,6-10,15-16H2,1-3H3/t27-/m1/s1. The lowest BCUT2D eigenvalue weighted by molar-refractivity contribution is -0.264. The van der Waals surface area contributed by atoms with Gasteiger partial charge in [-0.2, -0.15) is 13.2 Å². The van der Waals surface area contributed by atoms with Crippen LogP contribution in [0.25, 0.3) is 0 Å². The van der Waals surface area contributed by atoms with Gasteiger partial charge >= 0.3 is 6.18 Å². The van der Waals surface area contributed by atoms with Gasteiger partial charge in [-0.05, 0) is 61.4 Å². The number of methoxy groups -OCH3 is 1. The molecule has 0 aliphatic carbocycles. The number of benzene rings is 2. The van der Waals surface area contributed by atoms with Gasteiger partial charge in [-0.25, -0.2) is 4.39 Å². The number of carbonyl (C=O) groups is 2. The fourth-order valence-corrected chi connectivity index (χ4v) is 5.68. The molecule has 7 nitrogen and oxygen atoms in total. The summed E-state index contributed by atoms with van der Waals surface area (Å²) in [6, 6.07) is 7.55. The zero-order chi connectivity index (χ0) is 29.4. The number of hydrogen-bond acceptors (Lipinski definition) is 5. The Kier molecular flexibility index (Phi) is 8.56. The molecule has 0 spiro atoms. The van der Waals surface area contributed by atoms with Crippen LogP contribution in [0.4, 0.5) is 23.2 Å². The van der Waals surface area contributed by atoms with Crippen LogP contribution >= 0.6 is 11.6 Å². The highest BCUT2D eigenvalue weighted by atomic mass is 35.5. The molecule has 2 aromatic carbocycles. The number of alkyl halides is 3. The normalized spacial score (nSPS) is 18.2. The van der Waals surface area contributed by atoms with E-state index in [-0.39, 0.29) is 30.7 Å². The first-order valence-corrected chi connectivity index (χ1v) is 13.3. The van der Waals surface area contributed by atoms with Crippen molar-refractivity contribution < 1.29 is 37.0 Å². The van der Waals surface area contributed by atoms with Crippen LogP contribution in [0.1, 0.15) is 35.2 Å². The molecule has 2 fully saturated rings. The smallest absolute Gasteiger partial charge is 0.430 e. The maximum Gasteiger partial charge on any atom is 0.430 e. The van der Waals surface area contributed by atoms with Gasteiger partial charge < -0.3 is 24.5 Å². The zero-order valence-electron chi connectivity index (χ0n) is 22.5. The fraction of sp³-hybridized carbons (Fsp3) is 0.500. The number of halogens is 5.